The molecular weight excluding hydrogens is 259 g/mol. The molecule has 0 amide bonds. The highest BCUT2D eigenvalue weighted by atomic mass is 35.5. The zero-order valence-electron chi connectivity index (χ0n) is 9.75. The molecule has 0 saturated heterocycles. The fraction of sp³-hybridized carbons (Fsp3) is 0.250. The predicted octanol–water partition coefficient (Wildman–Crippen LogP) is 2.85. The number of nitrogens with zero attached hydrogens (tertiary/aromatic N) is 2. The maximum absolute atomic E-state index is 9.77. The van der Waals surface area contributed by atoms with E-state index in [-0.39, 0.29) is 30.6 Å². The van der Waals surface area contributed by atoms with E-state index < -0.39 is 0 Å². The van der Waals surface area contributed by atoms with Gasteiger partial charge in [0.1, 0.15) is 5.75 Å². The Hall–Kier alpha value is -1.03. The van der Waals surface area contributed by atoms with E-state index in [4.69, 9.17) is 0 Å². The van der Waals surface area contributed by atoms with Gasteiger partial charge in [0.15, 0.2) is 0 Å². The number of benzene rings is 1. The molecule has 1 aromatic carbocycles. The minimum atomic E-state index is 0. The quantitative estimate of drug-likeness (QED) is 0.915. The molecule has 94 valence electrons. The molecule has 17 heavy (non-hydrogen) atoms. The van der Waals surface area contributed by atoms with Crippen LogP contribution in [0.1, 0.15) is 5.56 Å². The lowest BCUT2D eigenvalue weighted by atomic mass is 10.1. The number of hydrogen-bond acceptors (Lipinski definition) is 3. The van der Waals surface area contributed by atoms with E-state index in [9.17, 15) is 5.11 Å². The summed E-state index contributed by atoms with van der Waals surface area (Å²) < 4.78 is 0. The maximum atomic E-state index is 9.77. The Morgan fingerprint density at radius 3 is 2.47 bits per heavy atom. The highest BCUT2D eigenvalue weighted by Crippen LogP contribution is 2.25. The van der Waals surface area contributed by atoms with Crippen LogP contribution >= 0.6 is 24.8 Å². The first-order valence-electron chi connectivity index (χ1n) is 4.89. The predicted molar refractivity (Wildman–Crippen MR) is 75.3 cm³/mol. The third-order valence-electron chi connectivity index (χ3n) is 2.34. The van der Waals surface area contributed by atoms with Crippen molar-refractivity contribution in [2.24, 2.45) is 0 Å². The first kappa shape index (κ1) is 16.0. The van der Waals surface area contributed by atoms with Crippen molar-refractivity contribution in [3.63, 3.8) is 0 Å². The lowest BCUT2D eigenvalue weighted by molar-refractivity contribution is 0.387. The molecule has 0 spiro atoms. The highest BCUT2D eigenvalue weighted by Gasteiger charge is 2.07. The van der Waals surface area contributed by atoms with Crippen LogP contribution in [0.5, 0.6) is 5.75 Å². The summed E-state index contributed by atoms with van der Waals surface area (Å²) in [5.41, 5.74) is 1.86. The topological polar surface area (TPSA) is 36.4 Å². The van der Waals surface area contributed by atoms with Crippen molar-refractivity contribution in [2.75, 3.05) is 14.1 Å². The summed E-state index contributed by atoms with van der Waals surface area (Å²) in [6, 6.07) is 7.85. The lowest BCUT2D eigenvalue weighted by Gasteiger charge is -2.13. The van der Waals surface area contributed by atoms with Crippen LogP contribution in [0.3, 0.4) is 0 Å². The van der Waals surface area contributed by atoms with Crippen molar-refractivity contribution in [2.45, 2.75) is 6.54 Å². The highest BCUT2D eigenvalue weighted by molar-refractivity contribution is 5.85. The van der Waals surface area contributed by atoms with Gasteiger partial charge in [0.2, 0.25) is 0 Å². The van der Waals surface area contributed by atoms with Crippen molar-refractivity contribution in [1.82, 2.24) is 9.88 Å². The van der Waals surface area contributed by atoms with Gasteiger partial charge in [0, 0.05) is 17.5 Å². The molecule has 1 aromatic heterocycles. The van der Waals surface area contributed by atoms with Gasteiger partial charge in [-0.2, -0.15) is 0 Å². The normalized spacial score (nSPS) is 9.82. The smallest absolute Gasteiger partial charge is 0.139 e. The number of pyridine rings is 1. The number of hydrogen-bond donors (Lipinski definition) is 1. The number of aromatic hydroxyl groups is 1. The summed E-state index contributed by atoms with van der Waals surface area (Å²) in [5.74, 6) is 0.266. The minimum absolute atomic E-state index is 0. The van der Waals surface area contributed by atoms with Crippen molar-refractivity contribution < 1.29 is 5.11 Å². The average molecular weight is 275 g/mol. The number of para-hydroxylation sites is 1. The van der Waals surface area contributed by atoms with Crippen LogP contribution in [0.25, 0.3) is 10.9 Å². The molecule has 5 heteroatoms. The number of aromatic nitrogens is 1. The molecule has 0 unspecified atom stereocenters. The molecule has 0 bridgehead atoms. The van der Waals surface area contributed by atoms with Crippen molar-refractivity contribution in [1.29, 1.82) is 0 Å². The van der Waals surface area contributed by atoms with Crippen LogP contribution in [-0.2, 0) is 6.54 Å². The molecule has 0 radical (unpaired) electrons. The van der Waals surface area contributed by atoms with Crippen molar-refractivity contribution in [3.8, 4) is 5.75 Å². The van der Waals surface area contributed by atoms with E-state index in [2.05, 4.69) is 4.98 Å². The van der Waals surface area contributed by atoms with E-state index in [0.29, 0.717) is 0 Å². The molecule has 0 saturated carbocycles. The Bertz CT molecular complexity index is 489. The van der Waals surface area contributed by atoms with Gasteiger partial charge in [-0.15, -0.1) is 24.8 Å². The Labute approximate surface area is 113 Å². The van der Waals surface area contributed by atoms with Gasteiger partial charge in [0.25, 0.3) is 0 Å². The van der Waals surface area contributed by atoms with Gasteiger partial charge in [-0.1, -0.05) is 18.2 Å². The molecule has 0 aliphatic rings. The van der Waals surface area contributed by atoms with Crippen LogP contribution in [0.4, 0.5) is 0 Å². The Morgan fingerprint density at radius 2 is 1.82 bits per heavy atom. The number of halogens is 2. The minimum Gasteiger partial charge on any atom is -0.506 e. The van der Waals surface area contributed by atoms with E-state index in [1.54, 1.807) is 0 Å². The molecule has 0 aliphatic heterocycles. The van der Waals surface area contributed by atoms with E-state index in [0.717, 1.165) is 23.0 Å². The second kappa shape index (κ2) is 6.64. The fourth-order valence-electron chi connectivity index (χ4n) is 1.67. The third kappa shape index (κ3) is 3.46. The van der Waals surface area contributed by atoms with Crippen LogP contribution in [0.15, 0.2) is 30.5 Å². The van der Waals surface area contributed by atoms with Crippen LogP contribution in [0, 0.1) is 0 Å². The van der Waals surface area contributed by atoms with E-state index >= 15 is 0 Å². The van der Waals surface area contributed by atoms with Gasteiger partial charge in [-0.05, 0) is 20.2 Å². The maximum Gasteiger partial charge on any atom is 0.139 e. The summed E-state index contributed by atoms with van der Waals surface area (Å²) in [4.78, 5) is 6.21. The standard InChI is InChI=1S/C12H14N2O.2ClH/c1-14(2)8-10-9-5-3-4-6-11(9)13-7-12(10)15;;/h3-7,15H,8H2,1-2H3;2*1H. The average Bonchev–Trinajstić information content (AvgIpc) is 2.22. The second-order valence-corrected chi connectivity index (χ2v) is 3.88. The summed E-state index contributed by atoms with van der Waals surface area (Å²) in [6.07, 6.45) is 1.52. The molecule has 0 atom stereocenters. The van der Waals surface area contributed by atoms with Crippen molar-refractivity contribution >= 4 is 35.7 Å². The first-order chi connectivity index (χ1) is 7.18. The number of fused-ring (bicyclic) bond motifs is 1. The zero-order valence-corrected chi connectivity index (χ0v) is 11.4. The molecule has 3 nitrogen and oxygen atoms in total. The monoisotopic (exact) mass is 274 g/mol. The Balaban J connectivity index is 0.00000128. The second-order valence-electron chi connectivity index (χ2n) is 3.88. The van der Waals surface area contributed by atoms with Gasteiger partial charge in [-0.25, -0.2) is 0 Å². The fourth-order valence-corrected chi connectivity index (χ4v) is 1.67. The van der Waals surface area contributed by atoms with Crippen LogP contribution in [-0.4, -0.2) is 29.1 Å². The van der Waals surface area contributed by atoms with E-state index in [1.165, 1.54) is 6.20 Å². The Kier molecular flexibility index (Phi) is 6.24. The van der Waals surface area contributed by atoms with Crippen LogP contribution < -0.4 is 0 Å². The summed E-state index contributed by atoms with van der Waals surface area (Å²) in [5, 5.41) is 10.8. The molecule has 2 rings (SSSR count). The van der Waals surface area contributed by atoms with Crippen LogP contribution in [0.2, 0.25) is 0 Å². The summed E-state index contributed by atoms with van der Waals surface area (Å²) in [6.45, 7) is 0.717. The molecular formula is C12H16Cl2N2O. The molecule has 1 N–H and O–H groups in total. The molecule has 2 aromatic rings. The summed E-state index contributed by atoms with van der Waals surface area (Å²) in [7, 11) is 3.96. The lowest BCUT2D eigenvalue weighted by Crippen LogP contribution is -2.11. The van der Waals surface area contributed by atoms with Gasteiger partial charge in [-0.3, -0.25) is 4.98 Å². The third-order valence-corrected chi connectivity index (χ3v) is 2.34. The van der Waals surface area contributed by atoms with E-state index in [1.807, 2.05) is 43.3 Å². The SMILES string of the molecule is CN(C)Cc1c(O)cnc2ccccc12.Cl.Cl. The molecule has 0 aliphatic carbocycles. The molecule has 0 fully saturated rings. The van der Waals surface area contributed by atoms with Gasteiger partial charge >= 0.3 is 0 Å². The van der Waals surface area contributed by atoms with Gasteiger partial charge < -0.3 is 10.0 Å². The van der Waals surface area contributed by atoms with Gasteiger partial charge in [0.05, 0.1) is 11.7 Å². The largest absolute Gasteiger partial charge is 0.506 e. The Morgan fingerprint density at radius 1 is 1.18 bits per heavy atom. The van der Waals surface area contributed by atoms with Crippen molar-refractivity contribution in [3.05, 3.63) is 36.0 Å². The zero-order chi connectivity index (χ0) is 10.8. The summed E-state index contributed by atoms with van der Waals surface area (Å²) >= 11 is 0. The number of rotatable bonds is 2. The first-order valence-corrected chi connectivity index (χ1v) is 4.89. The molecule has 1 heterocycles.